The summed E-state index contributed by atoms with van der Waals surface area (Å²) in [7, 11) is 0. The Hall–Kier alpha value is -1.25. The third kappa shape index (κ3) is 3.73. The monoisotopic (exact) mass is 357 g/mol. The molecule has 0 spiro atoms. The van der Waals surface area contributed by atoms with Gasteiger partial charge >= 0.3 is 0 Å². The van der Waals surface area contributed by atoms with Crippen molar-refractivity contribution in [2.24, 2.45) is 17.8 Å². The number of furan rings is 1. The maximum absolute atomic E-state index is 13.3. The summed E-state index contributed by atoms with van der Waals surface area (Å²) in [6.45, 7) is 2.91. The number of hydrogen-bond donors (Lipinski definition) is 0. The molecule has 1 aromatic heterocycles. The minimum absolute atomic E-state index is 0.127. The smallest absolute Gasteiger partial charge is 0.223 e. The van der Waals surface area contributed by atoms with Crippen LogP contribution in [0.1, 0.15) is 89.7 Å². The molecule has 1 heterocycles. The van der Waals surface area contributed by atoms with Crippen LogP contribution in [-0.4, -0.2) is 16.3 Å². The molecule has 1 aromatic rings. The molecule has 0 unspecified atom stereocenters. The topological polar surface area (TPSA) is 33.5 Å². The van der Waals surface area contributed by atoms with Crippen LogP contribution in [0.4, 0.5) is 0 Å². The highest BCUT2D eigenvalue weighted by molar-refractivity contribution is 5.77. The third-order valence-electron chi connectivity index (χ3n) is 7.27. The molecule has 0 saturated heterocycles. The van der Waals surface area contributed by atoms with Crippen molar-refractivity contribution in [2.45, 2.75) is 96.1 Å². The third-order valence-corrected chi connectivity index (χ3v) is 7.27. The lowest BCUT2D eigenvalue weighted by molar-refractivity contribution is -0.153. The first-order chi connectivity index (χ1) is 12.7. The molecule has 0 aliphatic heterocycles. The van der Waals surface area contributed by atoms with Gasteiger partial charge in [0.25, 0.3) is 0 Å². The molecule has 3 heteroatoms. The molecular formula is C23H35NO2. The fourth-order valence-corrected chi connectivity index (χ4v) is 6.49. The van der Waals surface area contributed by atoms with E-state index in [0.717, 1.165) is 29.9 Å². The molecule has 5 rings (SSSR count). The van der Waals surface area contributed by atoms with Crippen molar-refractivity contribution in [3.8, 4) is 0 Å². The van der Waals surface area contributed by atoms with Gasteiger partial charge in [-0.05, 0) is 74.8 Å². The van der Waals surface area contributed by atoms with E-state index in [-0.39, 0.29) is 5.54 Å². The minimum Gasteiger partial charge on any atom is -0.467 e. The number of carbonyl (C=O) groups is 1. The first-order valence-electron chi connectivity index (χ1n) is 11.0. The predicted octanol–water partition coefficient (Wildman–Crippen LogP) is 5.94. The van der Waals surface area contributed by atoms with Gasteiger partial charge < -0.3 is 9.32 Å². The summed E-state index contributed by atoms with van der Waals surface area (Å²) in [5.74, 6) is 3.90. The Morgan fingerprint density at radius 3 is 2.31 bits per heavy atom. The van der Waals surface area contributed by atoms with Crippen LogP contribution in [0, 0.1) is 17.8 Å². The molecule has 144 valence electrons. The van der Waals surface area contributed by atoms with Gasteiger partial charge in [-0.2, -0.15) is 0 Å². The number of carbonyl (C=O) groups excluding carboxylic acids is 1. The fraction of sp³-hybridized carbons (Fsp3) is 0.783. The molecule has 4 fully saturated rings. The Kier molecular flexibility index (Phi) is 5.42. The second-order valence-electron chi connectivity index (χ2n) is 9.37. The van der Waals surface area contributed by atoms with Crippen molar-refractivity contribution < 1.29 is 9.21 Å². The number of unbranched alkanes of at least 4 members (excludes halogenated alkanes) is 4. The van der Waals surface area contributed by atoms with Gasteiger partial charge in [-0.25, -0.2) is 0 Å². The minimum atomic E-state index is 0.127. The van der Waals surface area contributed by atoms with E-state index < -0.39 is 0 Å². The van der Waals surface area contributed by atoms with E-state index in [1.165, 1.54) is 64.2 Å². The first kappa shape index (κ1) is 18.1. The molecule has 0 atom stereocenters. The maximum Gasteiger partial charge on any atom is 0.223 e. The van der Waals surface area contributed by atoms with Gasteiger partial charge in [0.15, 0.2) is 0 Å². The molecule has 0 N–H and O–H groups in total. The molecule has 3 nitrogen and oxygen atoms in total. The van der Waals surface area contributed by atoms with E-state index in [1.54, 1.807) is 6.26 Å². The van der Waals surface area contributed by atoms with Gasteiger partial charge in [-0.15, -0.1) is 0 Å². The summed E-state index contributed by atoms with van der Waals surface area (Å²) in [5.41, 5.74) is 0.127. The van der Waals surface area contributed by atoms with Crippen molar-refractivity contribution >= 4 is 5.91 Å². The van der Waals surface area contributed by atoms with E-state index in [9.17, 15) is 4.79 Å². The van der Waals surface area contributed by atoms with Gasteiger partial charge in [-0.1, -0.05) is 32.6 Å². The zero-order valence-corrected chi connectivity index (χ0v) is 16.4. The Bertz CT molecular complexity index is 556. The normalized spacial score (nSPS) is 32.1. The highest BCUT2D eigenvalue weighted by Crippen LogP contribution is 2.58. The van der Waals surface area contributed by atoms with Crippen LogP contribution in [0.2, 0.25) is 0 Å². The fourth-order valence-electron chi connectivity index (χ4n) is 6.49. The van der Waals surface area contributed by atoms with E-state index >= 15 is 0 Å². The lowest BCUT2D eigenvalue weighted by atomic mass is 9.52. The molecule has 4 bridgehead atoms. The molecule has 4 saturated carbocycles. The van der Waals surface area contributed by atoms with Crippen LogP contribution in [-0.2, 0) is 11.3 Å². The molecule has 4 aliphatic carbocycles. The summed E-state index contributed by atoms with van der Waals surface area (Å²) in [6, 6.07) is 3.98. The average molecular weight is 358 g/mol. The van der Waals surface area contributed by atoms with Gasteiger partial charge in [-0.3, -0.25) is 4.79 Å². The molecular weight excluding hydrogens is 322 g/mol. The summed E-state index contributed by atoms with van der Waals surface area (Å²) < 4.78 is 5.64. The lowest BCUT2D eigenvalue weighted by Crippen LogP contribution is -2.61. The van der Waals surface area contributed by atoms with Gasteiger partial charge in [0, 0.05) is 12.0 Å². The van der Waals surface area contributed by atoms with Crippen LogP contribution < -0.4 is 0 Å². The van der Waals surface area contributed by atoms with E-state index in [4.69, 9.17) is 4.42 Å². The summed E-state index contributed by atoms with van der Waals surface area (Å²) in [6.07, 6.45) is 16.5. The van der Waals surface area contributed by atoms with Gasteiger partial charge in [0.1, 0.15) is 5.76 Å². The maximum atomic E-state index is 13.3. The zero-order chi connectivity index (χ0) is 18.0. The van der Waals surface area contributed by atoms with Crippen molar-refractivity contribution in [2.75, 3.05) is 0 Å². The largest absolute Gasteiger partial charge is 0.467 e. The Morgan fingerprint density at radius 2 is 1.73 bits per heavy atom. The van der Waals surface area contributed by atoms with E-state index in [0.29, 0.717) is 18.9 Å². The Morgan fingerprint density at radius 1 is 1.08 bits per heavy atom. The quantitative estimate of drug-likeness (QED) is 0.513. The van der Waals surface area contributed by atoms with Crippen LogP contribution in [0.3, 0.4) is 0 Å². The number of hydrogen-bond acceptors (Lipinski definition) is 2. The number of rotatable bonds is 9. The lowest BCUT2D eigenvalue weighted by Gasteiger charge is -2.60. The van der Waals surface area contributed by atoms with Crippen molar-refractivity contribution in [3.63, 3.8) is 0 Å². The second kappa shape index (κ2) is 7.78. The SMILES string of the molecule is CCCCCCCC(=O)N(Cc1ccco1)C12CC3CC(CC(C3)C1)C2. The van der Waals surface area contributed by atoms with Crippen molar-refractivity contribution in [1.82, 2.24) is 4.90 Å². The van der Waals surface area contributed by atoms with Crippen LogP contribution in [0.25, 0.3) is 0 Å². The van der Waals surface area contributed by atoms with E-state index in [2.05, 4.69) is 11.8 Å². The van der Waals surface area contributed by atoms with Crippen LogP contribution in [0.5, 0.6) is 0 Å². The standard InChI is InChI=1S/C23H35NO2/c1-2-3-4-5-6-9-22(25)24(17-21-8-7-10-26-21)23-14-18-11-19(15-23)13-20(12-18)16-23/h7-8,10,18-20H,2-6,9,11-17H2,1H3. The van der Waals surface area contributed by atoms with Crippen molar-refractivity contribution in [3.05, 3.63) is 24.2 Å². The first-order valence-corrected chi connectivity index (χ1v) is 11.0. The molecule has 26 heavy (non-hydrogen) atoms. The predicted molar refractivity (Wildman–Crippen MR) is 104 cm³/mol. The highest BCUT2D eigenvalue weighted by Gasteiger charge is 2.54. The molecule has 1 amide bonds. The van der Waals surface area contributed by atoms with Crippen LogP contribution >= 0.6 is 0 Å². The number of nitrogens with zero attached hydrogens (tertiary/aromatic N) is 1. The summed E-state index contributed by atoms with van der Waals surface area (Å²) in [4.78, 5) is 15.6. The molecule has 0 aromatic carbocycles. The number of amides is 1. The summed E-state index contributed by atoms with van der Waals surface area (Å²) in [5, 5.41) is 0. The van der Waals surface area contributed by atoms with Gasteiger partial charge in [0.05, 0.1) is 12.8 Å². The zero-order valence-electron chi connectivity index (χ0n) is 16.4. The highest BCUT2D eigenvalue weighted by atomic mass is 16.3. The Labute approximate surface area is 158 Å². The average Bonchev–Trinajstić information content (AvgIpc) is 3.11. The van der Waals surface area contributed by atoms with Crippen molar-refractivity contribution in [1.29, 1.82) is 0 Å². The van der Waals surface area contributed by atoms with Crippen LogP contribution in [0.15, 0.2) is 22.8 Å². The van der Waals surface area contributed by atoms with Gasteiger partial charge in [0.2, 0.25) is 5.91 Å². The Balaban J connectivity index is 1.47. The molecule has 0 radical (unpaired) electrons. The second-order valence-corrected chi connectivity index (χ2v) is 9.37. The van der Waals surface area contributed by atoms with E-state index in [1.807, 2.05) is 12.1 Å². The molecule has 4 aliphatic rings. The summed E-state index contributed by atoms with van der Waals surface area (Å²) >= 11 is 0.